The van der Waals surface area contributed by atoms with E-state index in [0.717, 1.165) is 29.9 Å². The van der Waals surface area contributed by atoms with E-state index in [1.807, 2.05) is 0 Å². The van der Waals surface area contributed by atoms with Gasteiger partial charge < -0.3 is 10.1 Å². The predicted molar refractivity (Wildman–Crippen MR) is 82.7 cm³/mol. The molecule has 24 heavy (non-hydrogen) atoms. The summed E-state index contributed by atoms with van der Waals surface area (Å²) in [5, 5.41) is 2.51. The van der Waals surface area contributed by atoms with E-state index in [1.54, 1.807) is 18.2 Å². The van der Waals surface area contributed by atoms with Crippen LogP contribution in [0.5, 0.6) is 0 Å². The van der Waals surface area contributed by atoms with Crippen LogP contribution in [0.1, 0.15) is 10.4 Å². The molecule has 3 rings (SSSR count). The molecule has 1 N–H and O–H groups in total. The number of hydrogen-bond donors (Lipinski definition) is 1. The van der Waals surface area contributed by atoms with Crippen molar-refractivity contribution in [3.8, 4) is 0 Å². The van der Waals surface area contributed by atoms with E-state index < -0.39 is 35.7 Å². The van der Waals surface area contributed by atoms with E-state index in [0.29, 0.717) is 16.7 Å². The van der Waals surface area contributed by atoms with Crippen molar-refractivity contribution < 1.29 is 23.1 Å². The van der Waals surface area contributed by atoms with Crippen LogP contribution in [-0.2, 0) is 9.53 Å². The third-order valence-corrected chi connectivity index (χ3v) is 3.60. The summed E-state index contributed by atoms with van der Waals surface area (Å²) in [5.74, 6) is -4.03. The lowest BCUT2D eigenvalue weighted by Gasteiger charge is -2.08. The summed E-state index contributed by atoms with van der Waals surface area (Å²) in [5.41, 5.74) is 0.682. The number of halogens is 2. The standard InChI is InChI=1S/C15H9F2N3O3S/c16-8-3-1-4-9(17)13(8)15(22)23-7-12(21)18-10-5-2-6-11-14(10)20-24-19-11/h1-6H,7H2,(H,18,21). The third-order valence-electron chi connectivity index (χ3n) is 3.06. The van der Waals surface area contributed by atoms with Crippen molar-refractivity contribution in [1.82, 2.24) is 8.75 Å². The number of ether oxygens (including phenoxy) is 1. The van der Waals surface area contributed by atoms with E-state index >= 15 is 0 Å². The number of esters is 1. The minimum Gasteiger partial charge on any atom is -0.452 e. The molecule has 0 bridgehead atoms. The molecule has 0 spiro atoms. The van der Waals surface area contributed by atoms with Gasteiger partial charge >= 0.3 is 5.97 Å². The first-order valence-corrected chi connectivity index (χ1v) is 7.41. The number of hydrogen-bond acceptors (Lipinski definition) is 6. The molecule has 1 heterocycles. The zero-order chi connectivity index (χ0) is 17.1. The van der Waals surface area contributed by atoms with Crippen molar-refractivity contribution in [2.45, 2.75) is 0 Å². The maximum Gasteiger partial charge on any atom is 0.344 e. The molecular weight excluding hydrogens is 340 g/mol. The largest absolute Gasteiger partial charge is 0.452 e. The van der Waals surface area contributed by atoms with Gasteiger partial charge in [0.2, 0.25) is 0 Å². The molecule has 0 aliphatic carbocycles. The number of aromatic nitrogens is 2. The van der Waals surface area contributed by atoms with E-state index in [2.05, 4.69) is 18.8 Å². The number of carbonyl (C=O) groups excluding carboxylic acids is 2. The number of anilines is 1. The summed E-state index contributed by atoms with van der Waals surface area (Å²) in [7, 11) is 0. The number of carbonyl (C=O) groups is 2. The van der Waals surface area contributed by atoms with Crippen molar-refractivity contribution in [2.24, 2.45) is 0 Å². The van der Waals surface area contributed by atoms with E-state index in [-0.39, 0.29) is 0 Å². The maximum atomic E-state index is 13.5. The molecule has 0 aliphatic rings. The molecule has 0 radical (unpaired) electrons. The average molecular weight is 349 g/mol. The Morgan fingerprint density at radius 1 is 1.08 bits per heavy atom. The van der Waals surface area contributed by atoms with Crippen molar-refractivity contribution in [2.75, 3.05) is 11.9 Å². The highest BCUT2D eigenvalue weighted by molar-refractivity contribution is 7.00. The Morgan fingerprint density at radius 2 is 1.79 bits per heavy atom. The van der Waals surface area contributed by atoms with Crippen LogP contribution in [0, 0.1) is 11.6 Å². The van der Waals surface area contributed by atoms with Crippen molar-refractivity contribution in [1.29, 1.82) is 0 Å². The number of nitrogens with zero attached hydrogens (tertiary/aromatic N) is 2. The lowest BCUT2D eigenvalue weighted by molar-refractivity contribution is -0.119. The lowest BCUT2D eigenvalue weighted by Crippen LogP contribution is -2.22. The Morgan fingerprint density at radius 3 is 2.54 bits per heavy atom. The van der Waals surface area contributed by atoms with Crippen LogP contribution in [0.4, 0.5) is 14.5 Å². The van der Waals surface area contributed by atoms with Crippen LogP contribution in [0.3, 0.4) is 0 Å². The fourth-order valence-corrected chi connectivity index (χ4v) is 2.54. The Balaban J connectivity index is 1.66. The fraction of sp³-hybridized carbons (Fsp3) is 0.0667. The van der Waals surface area contributed by atoms with Crippen molar-refractivity contribution in [3.63, 3.8) is 0 Å². The predicted octanol–water partition coefficient (Wildman–Crippen LogP) is 2.77. The molecule has 122 valence electrons. The van der Waals surface area contributed by atoms with Crippen LogP contribution >= 0.6 is 11.7 Å². The minimum absolute atomic E-state index is 0.402. The highest BCUT2D eigenvalue weighted by Crippen LogP contribution is 2.21. The molecule has 3 aromatic rings. The van der Waals surface area contributed by atoms with Crippen LogP contribution < -0.4 is 5.32 Å². The van der Waals surface area contributed by atoms with E-state index in [4.69, 9.17) is 0 Å². The van der Waals surface area contributed by atoms with Crippen LogP contribution in [-0.4, -0.2) is 27.2 Å². The SMILES string of the molecule is O=C(COC(=O)c1c(F)cccc1F)Nc1cccc2nsnc12. The molecule has 1 amide bonds. The van der Waals surface area contributed by atoms with Gasteiger partial charge in [-0.15, -0.1) is 0 Å². The van der Waals surface area contributed by atoms with Gasteiger partial charge in [0.25, 0.3) is 5.91 Å². The molecule has 0 aliphatic heterocycles. The lowest BCUT2D eigenvalue weighted by atomic mass is 10.2. The number of rotatable bonds is 4. The first kappa shape index (κ1) is 15.9. The summed E-state index contributed by atoms with van der Waals surface area (Å²) in [6.45, 7) is -0.694. The molecule has 0 atom stereocenters. The van der Waals surface area contributed by atoms with E-state index in [1.165, 1.54) is 0 Å². The van der Waals surface area contributed by atoms with Gasteiger partial charge in [0, 0.05) is 0 Å². The van der Waals surface area contributed by atoms with Gasteiger partial charge in [-0.1, -0.05) is 12.1 Å². The second kappa shape index (κ2) is 6.67. The molecule has 6 nitrogen and oxygen atoms in total. The molecular formula is C15H9F2N3O3S. The summed E-state index contributed by atoms with van der Waals surface area (Å²) in [4.78, 5) is 23.6. The monoisotopic (exact) mass is 349 g/mol. The summed E-state index contributed by atoms with van der Waals surface area (Å²) in [6, 6.07) is 8.00. The van der Waals surface area contributed by atoms with E-state index in [9.17, 15) is 18.4 Å². The number of fused-ring (bicyclic) bond motifs is 1. The highest BCUT2D eigenvalue weighted by atomic mass is 32.1. The highest BCUT2D eigenvalue weighted by Gasteiger charge is 2.19. The second-order valence-corrected chi connectivity index (χ2v) is 5.19. The average Bonchev–Trinajstić information content (AvgIpc) is 3.02. The van der Waals surface area contributed by atoms with Gasteiger partial charge in [0.15, 0.2) is 6.61 Å². The Hall–Kier alpha value is -2.94. The Bertz CT molecular complexity index is 909. The maximum absolute atomic E-state index is 13.5. The van der Waals surface area contributed by atoms with Gasteiger partial charge in [-0.2, -0.15) is 8.75 Å². The number of amides is 1. The molecule has 1 aromatic heterocycles. The first-order valence-electron chi connectivity index (χ1n) is 6.68. The Labute approximate surface area is 138 Å². The van der Waals surface area contributed by atoms with Crippen LogP contribution in [0.15, 0.2) is 36.4 Å². The summed E-state index contributed by atoms with van der Waals surface area (Å²) >= 11 is 0.993. The van der Waals surface area contributed by atoms with Crippen molar-refractivity contribution >= 4 is 40.3 Å². The normalized spacial score (nSPS) is 10.6. The van der Waals surface area contributed by atoms with Crippen LogP contribution in [0.2, 0.25) is 0 Å². The summed E-state index contributed by atoms with van der Waals surface area (Å²) in [6.07, 6.45) is 0. The van der Waals surface area contributed by atoms with Crippen LogP contribution in [0.25, 0.3) is 11.0 Å². The van der Waals surface area contributed by atoms with Gasteiger partial charge in [-0.3, -0.25) is 4.79 Å². The minimum atomic E-state index is -1.26. The molecule has 0 saturated carbocycles. The second-order valence-electron chi connectivity index (χ2n) is 4.66. The quantitative estimate of drug-likeness (QED) is 0.733. The van der Waals surface area contributed by atoms with Crippen molar-refractivity contribution in [3.05, 3.63) is 53.6 Å². The zero-order valence-electron chi connectivity index (χ0n) is 12.0. The number of benzene rings is 2. The first-order chi connectivity index (χ1) is 11.6. The summed E-state index contributed by atoms with van der Waals surface area (Å²) < 4.78 is 39.6. The zero-order valence-corrected chi connectivity index (χ0v) is 12.8. The van der Waals surface area contributed by atoms with Gasteiger partial charge in [0.1, 0.15) is 28.2 Å². The topological polar surface area (TPSA) is 81.2 Å². The number of nitrogens with one attached hydrogen (secondary N) is 1. The van der Waals surface area contributed by atoms with Gasteiger partial charge in [-0.25, -0.2) is 13.6 Å². The smallest absolute Gasteiger partial charge is 0.344 e. The third kappa shape index (κ3) is 3.20. The fourth-order valence-electron chi connectivity index (χ4n) is 1.99. The Kier molecular flexibility index (Phi) is 4.43. The molecule has 9 heteroatoms. The van der Waals surface area contributed by atoms with Gasteiger partial charge in [-0.05, 0) is 24.3 Å². The molecule has 0 saturated heterocycles. The molecule has 0 unspecified atom stereocenters. The molecule has 2 aromatic carbocycles. The molecule has 0 fully saturated rings. The van der Waals surface area contributed by atoms with Gasteiger partial charge in [0.05, 0.1) is 17.4 Å².